The second-order valence-electron chi connectivity index (χ2n) is 4.67. The molecule has 1 aliphatic heterocycles. The van der Waals surface area contributed by atoms with Crippen molar-refractivity contribution < 1.29 is 14.3 Å². The van der Waals surface area contributed by atoms with Crippen molar-refractivity contribution in [3.8, 4) is 11.5 Å². The van der Waals surface area contributed by atoms with E-state index < -0.39 is 0 Å². The molecule has 1 aliphatic rings. The lowest BCUT2D eigenvalue weighted by atomic mass is 10.1. The molecule has 2 aromatic rings. The molecular weight excluding hydrogens is 334 g/mol. The van der Waals surface area contributed by atoms with Crippen molar-refractivity contribution in [2.45, 2.75) is 6.42 Å². The summed E-state index contributed by atoms with van der Waals surface area (Å²) in [6.07, 6.45) is 0.743. The largest absolute Gasteiger partial charge is 0.454 e. The molecule has 1 N–H and O–H groups in total. The van der Waals surface area contributed by atoms with Gasteiger partial charge >= 0.3 is 0 Å². The zero-order valence-corrected chi connectivity index (χ0v) is 12.9. The van der Waals surface area contributed by atoms with Gasteiger partial charge in [0.15, 0.2) is 11.5 Å². The normalized spacial score (nSPS) is 12.2. The van der Waals surface area contributed by atoms with Gasteiger partial charge in [0, 0.05) is 11.0 Å². The fraction of sp³-hybridized carbons (Fsp3) is 0.188. The number of benzene rings is 2. The van der Waals surface area contributed by atoms with Crippen LogP contribution in [0.3, 0.4) is 0 Å². The molecule has 0 fully saturated rings. The third kappa shape index (κ3) is 3.19. The molecule has 2 aromatic carbocycles. The van der Waals surface area contributed by atoms with Crippen molar-refractivity contribution in [1.82, 2.24) is 5.32 Å². The molecular formula is C16H14BrNO3. The zero-order chi connectivity index (χ0) is 14.7. The van der Waals surface area contributed by atoms with E-state index in [-0.39, 0.29) is 12.7 Å². The lowest BCUT2D eigenvalue weighted by molar-refractivity contribution is 0.0953. The summed E-state index contributed by atoms with van der Waals surface area (Å²) in [5.41, 5.74) is 1.75. The second kappa shape index (κ2) is 6.18. The van der Waals surface area contributed by atoms with Gasteiger partial charge in [-0.2, -0.15) is 0 Å². The Hall–Kier alpha value is -2.01. The highest BCUT2D eigenvalue weighted by Gasteiger charge is 2.13. The van der Waals surface area contributed by atoms with Crippen molar-refractivity contribution in [1.29, 1.82) is 0 Å². The molecule has 108 valence electrons. The average Bonchev–Trinajstić information content (AvgIpc) is 2.95. The number of carbonyl (C=O) groups excluding carboxylic acids is 1. The van der Waals surface area contributed by atoms with Crippen LogP contribution in [0.15, 0.2) is 46.9 Å². The van der Waals surface area contributed by atoms with Gasteiger partial charge < -0.3 is 14.8 Å². The molecule has 0 radical (unpaired) electrons. The highest BCUT2D eigenvalue weighted by atomic mass is 79.9. The van der Waals surface area contributed by atoms with Gasteiger partial charge in [0.05, 0.1) is 5.56 Å². The molecule has 0 saturated heterocycles. The highest BCUT2D eigenvalue weighted by Crippen LogP contribution is 2.32. The van der Waals surface area contributed by atoms with E-state index in [9.17, 15) is 4.79 Å². The molecule has 1 heterocycles. The van der Waals surface area contributed by atoms with Crippen LogP contribution < -0.4 is 14.8 Å². The number of fused-ring (bicyclic) bond motifs is 1. The number of hydrogen-bond acceptors (Lipinski definition) is 3. The van der Waals surface area contributed by atoms with Crippen molar-refractivity contribution in [2.75, 3.05) is 13.3 Å². The van der Waals surface area contributed by atoms with Crippen molar-refractivity contribution in [3.05, 3.63) is 58.1 Å². The molecule has 0 unspecified atom stereocenters. The van der Waals surface area contributed by atoms with Crippen LogP contribution >= 0.6 is 15.9 Å². The van der Waals surface area contributed by atoms with Crippen LogP contribution in [0, 0.1) is 0 Å². The summed E-state index contributed by atoms with van der Waals surface area (Å²) in [6, 6.07) is 13.2. The lowest BCUT2D eigenvalue weighted by Crippen LogP contribution is -2.25. The quantitative estimate of drug-likeness (QED) is 0.924. The molecule has 4 nitrogen and oxygen atoms in total. The molecule has 0 aromatic heterocycles. The molecule has 0 saturated carbocycles. The maximum Gasteiger partial charge on any atom is 0.252 e. The minimum Gasteiger partial charge on any atom is -0.454 e. The summed E-state index contributed by atoms with van der Waals surface area (Å²) < 4.78 is 11.4. The Morgan fingerprint density at radius 2 is 1.95 bits per heavy atom. The van der Waals surface area contributed by atoms with Gasteiger partial charge in [0.1, 0.15) is 0 Å². The Kier molecular flexibility index (Phi) is 4.10. The predicted molar refractivity (Wildman–Crippen MR) is 82.7 cm³/mol. The van der Waals surface area contributed by atoms with Crippen LogP contribution in [0.5, 0.6) is 11.5 Å². The number of hydrogen-bond donors (Lipinski definition) is 1. The smallest absolute Gasteiger partial charge is 0.252 e. The summed E-state index contributed by atoms with van der Waals surface area (Å²) in [6.45, 7) is 0.845. The fourth-order valence-electron chi connectivity index (χ4n) is 2.16. The maximum absolute atomic E-state index is 12.1. The first-order valence-electron chi connectivity index (χ1n) is 6.65. The van der Waals surface area contributed by atoms with Gasteiger partial charge in [-0.05, 0) is 52.2 Å². The van der Waals surface area contributed by atoms with E-state index in [0.29, 0.717) is 12.1 Å². The van der Waals surface area contributed by atoms with Gasteiger partial charge in [-0.25, -0.2) is 0 Å². The van der Waals surface area contributed by atoms with E-state index in [1.54, 1.807) is 6.07 Å². The summed E-state index contributed by atoms with van der Waals surface area (Å²) >= 11 is 3.38. The van der Waals surface area contributed by atoms with Gasteiger partial charge in [-0.3, -0.25) is 4.79 Å². The number of ether oxygens (including phenoxy) is 2. The number of halogens is 1. The SMILES string of the molecule is O=C(NCCc1ccc2c(c1)OCO2)c1ccccc1Br. The minimum absolute atomic E-state index is 0.0804. The van der Waals surface area contributed by atoms with Crippen LogP contribution in [0.4, 0.5) is 0 Å². The third-order valence-corrected chi connectivity index (χ3v) is 3.95. The number of carbonyl (C=O) groups is 1. The summed E-state index contributed by atoms with van der Waals surface area (Å²) in [5.74, 6) is 1.46. The van der Waals surface area contributed by atoms with Crippen molar-refractivity contribution in [2.24, 2.45) is 0 Å². The topological polar surface area (TPSA) is 47.6 Å². The Bertz CT molecular complexity index is 672. The first kappa shape index (κ1) is 13.9. The Morgan fingerprint density at radius 1 is 1.14 bits per heavy atom. The maximum atomic E-state index is 12.1. The monoisotopic (exact) mass is 347 g/mol. The van der Waals surface area contributed by atoms with Gasteiger partial charge in [-0.15, -0.1) is 0 Å². The molecule has 5 heteroatoms. The second-order valence-corrected chi connectivity index (χ2v) is 5.53. The zero-order valence-electron chi connectivity index (χ0n) is 11.3. The highest BCUT2D eigenvalue weighted by molar-refractivity contribution is 9.10. The Balaban J connectivity index is 1.57. The van der Waals surface area contributed by atoms with Crippen molar-refractivity contribution in [3.63, 3.8) is 0 Å². The van der Waals surface area contributed by atoms with Crippen LogP contribution in [0.1, 0.15) is 15.9 Å². The van der Waals surface area contributed by atoms with Crippen LogP contribution in [0.2, 0.25) is 0 Å². The Morgan fingerprint density at radius 3 is 2.81 bits per heavy atom. The lowest BCUT2D eigenvalue weighted by Gasteiger charge is -2.07. The van der Waals surface area contributed by atoms with Gasteiger partial charge in [0.25, 0.3) is 5.91 Å². The Labute approximate surface area is 131 Å². The molecule has 0 bridgehead atoms. The molecule has 3 rings (SSSR count). The molecule has 1 amide bonds. The molecule has 0 atom stereocenters. The first-order chi connectivity index (χ1) is 10.2. The van der Waals surface area contributed by atoms with E-state index in [1.807, 2.05) is 36.4 Å². The van der Waals surface area contributed by atoms with Crippen LogP contribution in [-0.2, 0) is 6.42 Å². The fourth-order valence-corrected chi connectivity index (χ4v) is 2.62. The summed E-state index contributed by atoms with van der Waals surface area (Å²) in [4.78, 5) is 12.1. The van der Waals surface area contributed by atoms with Crippen molar-refractivity contribution >= 4 is 21.8 Å². The van der Waals surface area contributed by atoms with E-state index in [4.69, 9.17) is 9.47 Å². The molecule has 0 spiro atoms. The van der Waals surface area contributed by atoms with Crippen LogP contribution in [0.25, 0.3) is 0 Å². The van der Waals surface area contributed by atoms with E-state index in [0.717, 1.165) is 28.0 Å². The number of nitrogens with one attached hydrogen (secondary N) is 1. The summed E-state index contributed by atoms with van der Waals surface area (Å²) in [5, 5.41) is 2.91. The predicted octanol–water partition coefficient (Wildman–Crippen LogP) is 3.15. The van der Waals surface area contributed by atoms with Gasteiger partial charge in [0.2, 0.25) is 6.79 Å². The molecule has 0 aliphatic carbocycles. The van der Waals surface area contributed by atoms with E-state index >= 15 is 0 Å². The van der Waals surface area contributed by atoms with Crippen LogP contribution in [-0.4, -0.2) is 19.2 Å². The molecule has 21 heavy (non-hydrogen) atoms. The van der Waals surface area contributed by atoms with E-state index in [1.165, 1.54) is 0 Å². The number of amides is 1. The number of rotatable bonds is 4. The summed E-state index contributed by atoms with van der Waals surface area (Å²) in [7, 11) is 0. The third-order valence-electron chi connectivity index (χ3n) is 3.25. The minimum atomic E-state index is -0.0804. The van der Waals surface area contributed by atoms with E-state index in [2.05, 4.69) is 21.2 Å². The van der Waals surface area contributed by atoms with Gasteiger partial charge in [-0.1, -0.05) is 18.2 Å². The average molecular weight is 348 g/mol. The standard InChI is InChI=1S/C16H14BrNO3/c17-13-4-2-1-3-12(13)16(19)18-8-7-11-5-6-14-15(9-11)21-10-20-14/h1-6,9H,7-8,10H2,(H,18,19). The first-order valence-corrected chi connectivity index (χ1v) is 7.44.